The Morgan fingerprint density at radius 2 is 2.10 bits per heavy atom. The van der Waals surface area contributed by atoms with Crippen molar-refractivity contribution in [3.8, 4) is 22.8 Å². The van der Waals surface area contributed by atoms with Crippen molar-refractivity contribution in [2.24, 2.45) is 0 Å². The third-order valence-corrected chi connectivity index (χ3v) is 3.11. The van der Waals surface area contributed by atoms with Gasteiger partial charge in [-0.25, -0.2) is 4.98 Å². The van der Waals surface area contributed by atoms with Crippen molar-refractivity contribution in [1.82, 2.24) is 9.38 Å². The molecule has 0 aliphatic rings. The van der Waals surface area contributed by atoms with Crippen LogP contribution in [-0.4, -0.2) is 23.1 Å². The van der Waals surface area contributed by atoms with Gasteiger partial charge in [0.25, 0.3) is 0 Å². The quantitative estimate of drug-likeness (QED) is 0.727. The monoisotopic (exact) mass is 268 g/mol. The fourth-order valence-electron chi connectivity index (χ4n) is 2.18. The van der Waals surface area contributed by atoms with E-state index in [-0.39, 0.29) is 0 Å². The number of rotatable bonds is 4. The molecule has 0 saturated heterocycles. The number of hydrogen-bond acceptors (Lipinski definition) is 3. The lowest BCUT2D eigenvalue weighted by atomic mass is 10.1. The predicted molar refractivity (Wildman–Crippen MR) is 78.3 cm³/mol. The van der Waals surface area contributed by atoms with Crippen LogP contribution < -0.4 is 9.47 Å². The SMILES string of the molecule is CCOc1cccn2cc(-c3cccc(OC)c3)nc12. The van der Waals surface area contributed by atoms with Gasteiger partial charge in [0.05, 0.1) is 19.4 Å². The Bertz CT molecular complexity index is 734. The molecule has 0 saturated carbocycles. The minimum Gasteiger partial charge on any atom is -0.497 e. The zero-order valence-electron chi connectivity index (χ0n) is 11.5. The molecule has 0 bridgehead atoms. The zero-order valence-corrected chi connectivity index (χ0v) is 11.5. The Labute approximate surface area is 117 Å². The molecule has 0 unspecified atom stereocenters. The van der Waals surface area contributed by atoms with Crippen LogP contribution in [0.1, 0.15) is 6.92 Å². The van der Waals surface area contributed by atoms with Gasteiger partial charge in [-0.15, -0.1) is 0 Å². The summed E-state index contributed by atoms with van der Waals surface area (Å²) in [7, 11) is 1.66. The van der Waals surface area contributed by atoms with Crippen molar-refractivity contribution in [1.29, 1.82) is 0 Å². The van der Waals surface area contributed by atoms with Crippen LogP contribution in [0.2, 0.25) is 0 Å². The summed E-state index contributed by atoms with van der Waals surface area (Å²) >= 11 is 0. The second-order valence-corrected chi connectivity index (χ2v) is 4.39. The fourth-order valence-corrected chi connectivity index (χ4v) is 2.18. The molecule has 0 N–H and O–H groups in total. The number of hydrogen-bond donors (Lipinski definition) is 0. The van der Waals surface area contributed by atoms with Crippen LogP contribution in [0.4, 0.5) is 0 Å². The van der Waals surface area contributed by atoms with Crippen LogP contribution in [0.15, 0.2) is 48.8 Å². The second-order valence-electron chi connectivity index (χ2n) is 4.39. The van der Waals surface area contributed by atoms with Crippen LogP contribution in [0.3, 0.4) is 0 Å². The largest absolute Gasteiger partial charge is 0.497 e. The summed E-state index contributed by atoms with van der Waals surface area (Å²) in [6.45, 7) is 2.59. The summed E-state index contributed by atoms with van der Waals surface area (Å²) in [4.78, 5) is 4.66. The number of benzene rings is 1. The molecule has 0 aliphatic heterocycles. The van der Waals surface area contributed by atoms with Gasteiger partial charge in [0.15, 0.2) is 11.4 Å². The lowest BCUT2D eigenvalue weighted by molar-refractivity contribution is 0.342. The van der Waals surface area contributed by atoms with Crippen molar-refractivity contribution in [3.05, 3.63) is 48.8 Å². The van der Waals surface area contributed by atoms with Gasteiger partial charge in [-0.2, -0.15) is 0 Å². The minimum atomic E-state index is 0.626. The number of ether oxygens (including phenoxy) is 2. The van der Waals surface area contributed by atoms with Crippen molar-refractivity contribution in [3.63, 3.8) is 0 Å². The van der Waals surface area contributed by atoms with E-state index in [1.165, 1.54) is 0 Å². The first-order valence-corrected chi connectivity index (χ1v) is 6.56. The molecule has 4 nitrogen and oxygen atoms in total. The third kappa shape index (κ3) is 2.20. The van der Waals surface area contributed by atoms with Gasteiger partial charge in [0.1, 0.15) is 5.75 Å². The van der Waals surface area contributed by atoms with E-state index in [1.807, 2.05) is 60.1 Å². The normalized spacial score (nSPS) is 10.7. The lowest BCUT2D eigenvalue weighted by Crippen LogP contribution is -1.94. The molecule has 2 heterocycles. The average molecular weight is 268 g/mol. The fraction of sp³-hybridized carbons (Fsp3) is 0.188. The smallest absolute Gasteiger partial charge is 0.180 e. The summed E-state index contributed by atoms with van der Waals surface area (Å²) in [5, 5.41) is 0. The van der Waals surface area contributed by atoms with E-state index < -0.39 is 0 Å². The van der Waals surface area contributed by atoms with Gasteiger partial charge in [-0.3, -0.25) is 0 Å². The molecule has 102 valence electrons. The minimum absolute atomic E-state index is 0.626. The van der Waals surface area contributed by atoms with E-state index >= 15 is 0 Å². The maximum atomic E-state index is 5.61. The highest BCUT2D eigenvalue weighted by Crippen LogP contribution is 2.26. The van der Waals surface area contributed by atoms with Crippen LogP contribution >= 0.6 is 0 Å². The second kappa shape index (κ2) is 5.25. The van der Waals surface area contributed by atoms with Crippen LogP contribution in [0, 0.1) is 0 Å². The van der Waals surface area contributed by atoms with E-state index in [1.54, 1.807) is 7.11 Å². The predicted octanol–water partition coefficient (Wildman–Crippen LogP) is 3.41. The summed E-state index contributed by atoms with van der Waals surface area (Å²) in [5.74, 6) is 1.62. The van der Waals surface area contributed by atoms with E-state index in [4.69, 9.17) is 9.47 Å². The first-order valence-electron chi connectivity index (χ1n) is 6.56. The van der Waals surface area contributed by atoms with Gasteiger partial charge in [-0.1, -0.05) is 12.1 Å². The van der Waals surface area contributed by atoms with Gasteiger partial charge >= 0.3 is 0 Å². The number of fused-ring (bicyclic) bond motifs is 1. The third-order valence-electron chi connectivity index (χ3n) is 3.11. The molecule has 1 aromatic carbocycles. The molecule has 4 heteroatoms. The average Bonchev–Trinajstić information content (AvgIpc) is 2.93. The summed E-state index contributed by atoms with van der Waals surface area (Å²) in [6.07, 6.45) is 3.96. The van der Waals surface area contributed by atoms with Gasteiger partial charge in [0.2, 0.25) is 0 Å². The van der Waals surface area contributed by atoms with Crippen molar-refractivity contribution < 1.29 is 9.47 Å². The van der Waals surface area contributed by atoms with E-state index in [2.05, 4.69) is 4.98 Å². The van der Waals surface area contributed by atoms with Crippen LogP contribution in [-0.2, 0) is 0 Å². The van der Waals surface area contributed by atoms with Gasteiger partial charge in [0, 0.05) is 18.0 Å². The van der Waals surface area contributed by atoms with Crippen molar-refractivity contribution in [2.45, 2.75) is 6.92 Å². The molecule has 0 amide bonds. The number of nitrogens with zero attached hydrogens (tertiary/aromatic N) is 2. The molecule has 0 atom stereocenters. The summed E-state index contributed by atoms with van der Waals surface area (Å²) < 4.78 is 12.8. The molecule has 0 radical (unpaired) electrons. The Hall–Kier alpha value is -2.49. The lowest BCUT2D eigenvalue weighted by Gasteiger charge is -2.03. The standard InChI is InChI=1S/C16H16N2O2/c1-3-20-15-8-5-9-18-11-14(17-16(15)18)12-6-4-7-13(10-12)19-2/h4-11H,3H2,1-2H3. The first kappa shape index (κ1) is 12.5. The Balaban J connectivity index is 2.10. The molecule has 0 aliphatic carbocycles. The van der Waals surface area contributed by atoms with E-state index in [9.17, 15) is 0 Å². The van der Waals surface area contributed by atoms with E-state index in [0.29, 0.717) is 6.61 Å². The molecule has 20 heavy (non-hydrogen) atoms. The van der Waals surface area contributed by atoms with E-state index in [0.717, 1.165) is 28.4 Å². The topological polar surface area (TPSA) is 35.8 Å². The number of imidazole rings is 1. The first-order chi connectivity index (χ1) is 9.81. The number of methoxy groups -OCH3 is 1. The molecular weight excluding hydrogens is 252 g/mol. The molecule has 0 fully saturated rings. The Morgan fingerprint density at radius 3 is 2.90 bits per heavy atom. The maximum absolute atomic E-state index is 5.61. The molecule has 0 spiro atoms. The number of pyridine rings is 1. The maximum Gasteiger partial charge on any atom is 0.180 e. The van der Waals surface area contributed by atoms with Crippen molar-refractivity contribution in [2.75, 3.05) is 13.7 Å². The molecule has 3 rings (SSSR count). The highest BCUT2D eigenvalue weighted by atomic mass is 16.5. The highest BCUT2D eigenvalue weighted by Gasteiger charge is 2.09. The Kier molecular flexibility index (Phi) is 3.29. The number of aromatic nitrogens is 2. The zero-order chi connectivity index (χ0) is 13.9. The van der Waals surface area contributed by atoms with Crippen LogP contribution in [0.25, 0.3) is 16.9 Å². The van der Waals surface area contributed by atoms with Gasteiger partial charge < -0.3 is 13.9 Å². The highest BCUT2D eigenvalue weighted by molar-refractivity contribution is 5.67. The summed E-state index contributed by atoms with van der Waals surface area (Å²) in [6, 6.07) is 11.8. The molecule has 2 aromatic heterocycles. The van der Waals surface area contributed by atoms with Gasteiger partial charge in [-0.05, 0) is 31.2 Å². The molecule has 3 aromatic rings. The Morgan fingerprint density at radius 1 is 1.20 bits per heavy atom. The molecular formula is C16H16N2O2. The summed E-state index contributed by atoms with van der Waals surface area (Å²) in [5.41, 5.74) is 2.75. The van der Waals surface area contributed by atoms with Crippen LogP contribution in [0.5, 0.6) is 11.5 Å². The van der Waals surface area contributed by atoms with Crippen molar-refractivity contribution >= 4 is 5.65 Å².